The Morgan fingerprint density at radius 1 is 1.00 bits per heavy atom. The van der Waals surface area contributed by atoms with Gasteiger partial charge >= 0.3 is 0 Å². The first kappa shape index (κ1) is 20.5. The van der Waals surface area contributed by atoms with Gasteiger partial charge in [-0.1, -0.05) is 19.9 Å². The third-order valence-electron chi connectivity index (χ3n) is 6.31. The van der Waals surface area contributed by atoms with E-state index in [1.165, 1.54) is 11.1 Å². The Kier molecular flexibility index (Phi) is 5.08. The predicted octanol–water partition coefficient (Wildman–Crippen LogP) is 5.57. The number of nitrogens with one attached hydrogen (secondary N) is 1. The Morgan fingerprint density at radius 2 is 1.70 bits per heavy atom. The lowest BCUT2D eigenvalue weighted by Crippen LogP contribution is -2.42. The highest BCUT2D eigenvalue weighted by Crippen LogP contribution is 2.46. The lowest BCUT2D eigenvalue weighted by molar-refractivity contribution is -0.124. The van der Waals surface area contributed by atoms with Gasteiger partial charge in [-0.05, 0) is 66.6 Å². The number of ether oxygens (including phenoxy) is 2. The number of aliphatic imine (C=N–C) groups is 1. The predicted molar refractivity (Wildman–Crippen MR) is 120 cm³/mol. The van der Waals surface area contributed by atoms with Crippen LogP contribution in [0.15, 0.2) is 35.3 Å². The number of carbonyl (C=O) groups is 1. The molecule has 1 heterocycles. The number of Topliss-reactive ketones (excluding diaryl/α,β-unsaturated/α-hetero) is 1. The number of ketones is 1. The maximum absolute atomic E-state index is 13.4. The van der Waals surface area contributed by atoms with Crippen LogP contribution in [-0.4, -0.2) is 25.7 Å². The molecule has 158 valence electrons. The molecule has 1 aliphatic carbocycles. The first-order valence-electron chi connectivity index (χ1n) is 10.4. The van der Waals surface area contributed by atoms with E-state index in [-0.39, 0.29) is 23.2 Å². The number of anilines is 1. The summed E-state index contributed by atoms with van der Waals surface area (Å²) < 4.78 is 10.9. The fourth-order valence-corrected chi connectivity index (χ4v) is 4.65. The molecule has 2 atom stereocenters. The van der Waals surface area contributed by atoms with Crippen molar-refractivity contribution < 1.29 is 14.3 Å². The van der Waals surface area contributed by atoms with Crippen LogP contribution in [0, 0.1) is 25.2 Å². The summed E-state index contributed by atoms with van der Waals surface area (Å²) in [5.41, 5.74) is 6.14. The van der Waals surface area contributed by atoms with E-state index in [2.05, 4.69) is 45.1 Å². The minimum absolute atomic E-state index is 0.0845. The third-order valence-corrected chi connectivity index (χ3v) is 6.31. The zero-order valence-corrected chi connectivity index (χ0v) is 18.6. The zero-order valence-electron chi connectivity index (χ0n) is 18.6. The molecule has 2 aromatic rings. The molecule has 1 aliphatic heterocycles. The largest absolute Gasteiger partial charge is 0.493 e. The molecule has 1 fully saturated rings. The molecular formula is C25H30N2O3. The van der Waals surface area contributed by atoms with Gasteiger partial charge in [0.2, 0.25) is 0 Å². The van der Waals surface area contributed by atoms with E-state index in [0.717, 1.165) is 29.1 Å². The monoisotopic (exact) mass is 406 g/mol. The van der Waals surface area contributed by atoms with Gasteiger partial charge in [0, 0.05) is 12.1 Å². The van der Waals surface area contributed by atoms with Crippen molar-refractivity contribution in [2.75, 3.05) is 19.5 Å². The highest BCUT2D eigenvalue weighted by molar-refractivity contribution is 6.10. The van der Waals surface area contributed by atoms with E-state index in [0.29, 0.717) is 17.9 Å². The number of aryl methyl sites for hydroxylation is 2. The highest BCUT2D eigenvalue weighted by atomic mass is 16.5. The first-order valence-corrected chi connectivity index (χ1v) is 10.4. The van der Waals surface area contributed by atoms with E-state index >= 15 is 0 Å². The third kappa shape index (κ3) is 3.57. The summed E-state index contributed by atoms with van der Waals surface area (Å²) >= 11 is 0. The molecule has 2 aliphatic rings. The van der Waals surface area contributed by atoms with Gasteiger partial charge in [0.15, 0.2) is 11.5 Å². The van der Waals surface area contributed by atoms with Gasteiger partial charge in [-0.2, -0.15) is 0 Å². The molecule has 30 heavy (non-hydrogen) atoms. The summed E-state index contributed by atoms with van der Waals surface area (Å²) in [5.74, 6) is 1.26. The van der Waals surface area contributed by atoms with Gasteiger partial charge in [-0.3, -0.25) is 9.79 Å². The smallest absolute Gasteiger partial charge is 0.161 e. The Bertz CT molecular complexity index is 1040. The molecule has 4 rings (SSSR count). The minimum atomic E-state index is -0.302. The van der Waals surface area contributed by atoms with Gasteiger partial charge in [0.05, 0.1) is 37.6 Å². The maximum Gasteiger partial charge on any atom is 0.161 e. The van der Waals surface area contributed by atoms with Gasteiger partial charge in [0.1, 0.15) is 5.78 Å². The van der Waals surface area contributed by atoms with Crippen LogP contribution in [0.2, 0.25) is 0 Å². The van der Waals surface area contributed by atoms with Crippen LogP contribution in [0.1, 0.15) is 49.4 Å². The van der Waals surface area contributed by atoms with Crippen molar-refractivity contribution in [3.8, 4) is 11.5 Å². The number of carbonyl (C=O) groups excluding carboxylic acids is 1. The quantitative estimate of drug-likeness (QED) is 0.724. The average Bonchev–Trinajstić information content (AvgIpc) is 2.83. The van der Waals surface area contributed by atoms with Crippen LogP contribution in [0.25, 0.3) is 0 Å². The van der Waals surface area contributed by atoms with Crippen LogP contribution in [0.3, 0.4) is 0 Å². The first-order chi connectivity index (χ1) is 14.2. The molecule has 0 saturated heterocycles. The fraction of sp³-hybridized carbons (Fsp3) is 0.440. The van der Waals surface area contributed by atoms with Gasteiger partial charge in [-0.15, -0.1) is 0 Å². The fourth-order valence-electron chi connectivity index (χ4n) is 4.65. The number of rotatable bonds is 3. The number of methoxy groups -OCH3 is 2. The number of benzene rings is 2. The summed E-state index contributed by atoms with van der Waals surface area (Å²) in [6, 6.07) is 9.91. The molecular weight excluding hydrogens is 376 g/mol. The van der Waals surface area contributed by atoms with Crippen molar-refractivity contribution in [3.05, 3.63) is 47.0 Å². The molecule has 1 unspecified atom stereocenters. The van der Waals surface area contributed by atoms with E-state index in [1.54, 1.807) is 14.2 Å². The molecule has 0 radical (unpaired) electrons. The molecule has 0 aromatic heterocycles. The lowest BCUT2D eigenvalue weighted by atomic mass is 9.68. The summed E-state index contributed by atoms with van der Waals surface area (Å²) in [7, 11) is 3.26. The summed E-state index contributed by atoms with van der Waals surface area (Å²) in [6.07, 6.45) is 1.36. The molecule has 0 bridgehead atoms. The highest BCUT2D eigenvalue weighted by Gasteiger charge is 2.44. The summed E-state index contributed by atoms with van der Waals surface area (Å²) in [4.78, 5) is 18.4. The van der Waals surface area contributed by atoms with Crippen LogP contribution < -0.4 is 14.8 Å². The molecule has 5 nitrogen and oxygen atoms in total. The standard InChI is InChI=1S/C25H30N2O3/c1-14-9-17-18(10-15(14)2)27-24(16-7-8-21(29-5)22(11-16)30-6)23-19(26-17)12-25(3,4)13-20(23)28/h7-11,23-24,27H,12-13H2,1-6H3/t23?,24-/m0/s1. The Balaban J connectivity index is 1.88. The SMILES string of the molecule is COc1ccc([C@@H]2Nc3cc(C)c(C)cc3N=C3CC(C)(C)CC(=O)C32)cc1OC. The minimum Gasteiger partial charge on any atom is -0.493 e. The molecule has 0 amide bonds. The maximum atomic E-state index is 13.4. The van der Waals surface area contributed by atoms with Gasteiger partial charge < -0.3 is 14.8 Å². The number of nitrogens with zero attached hydrogens (tertiary/aromatic N) is 1. The molecule has 1 N–H and O–H groups in total. The van der Waals surface area contributed by atoms with Crippen LogP contribution in [0.5, 0.6) is 11.5 Å². The Morgan fingerprint density at radius 3 is 2.40 bits per heavy atom. The van der Waals surface area contributed by atoms with E-state index in [9.17, 15) is 4.79 Å². The van der Waals surface area contributed by atoms with Crippen LogP contribution >= 0.6 is 0 Å². The van der Waals surface area contributed by atoms with E-state index in [4.69, 9.17) is 14.5 Å². The Labute approximate surface area is 178 Å². The Hall–Kier alpha value is -2.82. The van der Waals surface area contributed by atoms with Gasteiger partial charge in [-0.25, -0.2) is 0 Å². The second kappa shape index (κ2) is 7.46. The van der Waals surface area contributed by atoms with Crippen molar-refractivity contribution in [3.63, 3.8) is 0 Å². The zero-order chi connectivity index (χ0) is 21.6. The summed E-state index contributed by atoms with van der Waals surface area (Å²) in [5, 5.41) is 3.66. The van der Waals surface area contributed by atoms with Crippen molar-refractivity contribution >= 4 is 22.9 Å². The lowest BCUT2D eigenvalue weighted by Gasteiger charge is -2.37. The van der Waals surface area contributed by atoms with Crippen molar-refractivity contribution in [2.24, 2.45) is 16.3 Å². The van der Waals surface area contributed by atoms with E-state index in [1.807, 2.05) is 18.2 Å². The van der Waals surface area contributed by atoms with Crippen molar-refractivity contribution in [2.45, 2.75) is 46.6 Å². The summed E-state index contributed by atoms with van der Waals surface area (Å²) in [6.45, 7) is 8.49. The van der Waals surface area contributed by atoms with E-state index < -0.39 is 0 Å². The normalized spacial score (nSPS) is 22.2. The van der Waals surface area contributed by atoms with Crippen molar-refractivity contribution in [1.29, 1.82) is 0 Å². The topological polar surface area (TPSA) is 59.9 Å². The van der Waals surface area contributed by atoms with Crippen molar-refractivity contribution in [1.82, 2.24) is 0 Å². The number of hydrogen-bond donors (Lipinski definition) is 1. The van der Waals surface area contributed by atoms with Crippen LogP contribution in [0.4, 0.5) is 11.4 Å². The molecule has 1 saturated carbocycles. The molecule has 5 heteroatoms. The number of fused-ring (bicyclic) bond motifs is 2. The molecule has 0 spiro atoms. The molecule has 2 aromatic carbocycles. The second-order valence-corrected chi connectivity index (χ2v) is 9.25. The average molecular weight is 407 g/mol. The van der Waals surface area contributed by atoms with Gasteiger partial charge in [0.25, 0.3) is 0 Å². The number of hydrogen-bond acceptors (Lipinski definition) is 5. The second-order valence-electron chi connectivity index (χ2n) is 9.25. The van der Waals surface area contributed by atoms with Crippen LogP contribution in [-0.2, 0) is 4.79 Å².